The van der Waals surface area contributed by atoms with Crippen molar-refractivity contribution in [2.45, 2.75) is 65.0 Å². The second-order valence-electron chi connectivity index (χ2n) is 8.59. The zero-order valence-electron chi connectivity index (χ0n) is 18.7. The molecule has 1 unspecified atom stereocenters. The topological polar surface area (TPSA) is 114 Å². The maximum atomic E-state index is 12.5. The summed E-state index contributed by atoms with van der Waals surface area (Å²) in [6, 6.07) is 12.6. The second-order valence-corrected chi connectivity index (χ2v) is 8.59. The molecule has 0 fully saturated rings. The Hall–Kier alpha value is -3.22. The predicted octanol–water partition coefficient (Wildman–Crippen LogP) is 5.23. The van der Waals surface area contributed by atoms with Crippen molar-refractivity contribution in [2.75, 3.05) is 5.32 Å². The van der Waals surface area contributed by atoms with Gasteiger partial charge in [0.15, 0.2) is 0 Å². The van der Waals surface area contributed by atoms with Crippen LogP contribution in [0, 0.1) is 0 Å². The average Bonchev–Trinajstić information content (AvgIpc) is 2.67. The van der Waals surface area contributed by atoms with Crippen molar-refractivity contribution >= 4 is 17.8 Å². The Bertz CT molecular complexity index is 892. The molecular formula is C24H33N3O4. The van der Waals surface area contributed by atoms with Gasteiger partial charge >= 0.3 is 12.1 Å². The summed E-state index contributed by atoms with van der Waals surface area (Å²) < 4.78 is 5.29. The molecule has 0 aromatic heterocycles. The number of urea groups is 1. The van der Waals surface area contributed by atoms with E-state index in [1.807, 2.05) is 58.0 Å². The quantitative estimate of drug-likeness (QED) is 0.462. The summed E-state index contributed by atoms with van der Waals surface area (Å²) in [4.78, 5) is 23.9. The molecule has 5 N–H and O–H groups in total. The first-order valence-corrected chi connectivity index (χ1v) is 10.5. The highest BCUT2D eigenvalue weighted by molar-refractivity contribution is 5.91. The SMILES string of the molecule is CCCCC(OC(N)=O)c1ccc(NC(=O)NC(C)(C)C)c(Cc2ccccc2)c1O. The van der Waals surface area contributed by atoms with Gasteiger partial charge < -0.3 is 26.2 Å². The van der Waals surface area contributed by atoms with Gasteiger partial charge in [-0.2, -0.15) is 0 Å². The fourth-order valence-electron chi connectivity index (χ4n) is 3.31. The molecule has 0 spiro atoms. The summed E-state index contributed by atoms with van der Waals surface area (Å²) in [6.07, 6.45) is 1.08. The van der Waals surface area contributed by atoms with Gasteiger partial charge in [0.25, 0.3) is 0 Å². The van der Waals surface area contributed by atoms with Crippen molar-refractivity contribution in [1.82, 2.24) is 5.32 Å². The molecule has 0 saturated heterocycles. The Labute approximate surface area is 184 Å². The van der Waals surface area contributed by atoms with Crippen LogP contribution in [0.5, 0.6) is 5.75 Å². The summed E-state index contributed by atoms with van der Waals surface area (Å²) in [7, 11) is 0. The Morgan fingerprint density at radius 3 is 2.39 bits per heavy atom. The number of carbonyl (C=O) groups excluding carboxylic acids is 2. The van der Waals surface area contributed by atoms with Gasteiger partial charge in [-0.3, -0.25) is 0 Å². The fourth-order valence-corrected chi connectivity index (χ4v) is 3.31. The first-order chi connectivity index (χ1) is 14.6. The number of hydrogen-bond donors (Lipinski definition) is 4. The zero-order chi connectivity index (χ0) is 23.0. The molecule has 0 aliphatic rings. The van der Waals surface area contributed by atoms with E-state index in [9.17, 15) is 14.7 Å². The van der Waals surface area contributed by atoms with E-state index < -0.39 is 17.7 Å². The van der Waals surface area contributed by atoms with Crippen LogP contribution in [0.25, 0.3) is 0 Å². The third kappa shape index (κ3) is 7.51. The molecule has 7 heteroatoms. The van der Waals surface area contributed by atoms with Crippen molar-refractivity contribution in [2.24, 2.45) is 5.73 Å². The number of rotatable bonds is 8. The molecule has 0 heterocycles. The standard InChI is InChI=1S/C24H33N3O4/c1-5-6-12-20(31-22(25)29)17-13-14-19(26-23(30)27-24(2,3)4)18(21(17)28)15-16-10-8-7-9-11-16/h7-11,13-14,20,28H,5-6,12,15H2,1-4H3,(H2,25,29)(H2,26,27,30). The molecule has 1 atom stereocenters. The van der Waals surface area contributed by atoms with Crippen LogP contribution >= 0.6 is 0 Å². The second kappa shape index (κ2) is 10.7. The van der Waals surface area contributed by atoms with Gasteiger partial charge in [0.1, 0.15) is 11.9 Å². The summed E-state index contributed by atoms with van der Waals surface area (Å²) in [5.41, 5.74) is 7.32. The summed E-state index contributed by atoms with van der Waals surface area (Å²) in [6.45, 7) is 7.69. The van der Waals surface area contributed by atoms with Crippen LogP contribution in [0.2, 0.25) is 0 Å². The van der Waals surface area contributed by atoms with E-state index >= 15 is 0 Å². The Kier molecular flexibility index (Phi) is 8.30. The first kappa shape index (κ1) is 24.1. The largest absolute Gasteiger partial charge is 0.507 e. The van der Waals surface area contributed by atoms with E-state index in [2.05, 4.69) is 10.6 Å². The van der Waals surface area contributed by atoms with Gasteiger partial charge in [-0.05, 0) is 51.3 Å². The molecule has 2 aromatic carbocycles. The monoisotopic (exact) mass is 427 g/mol. The maximum absolute atomic E-state index is 12.5. The highest BCUT2D eigenvalue weighted by Crippen LogP contribution is 2.38. The molecule has 0 aliphatic carbocycles. The van der Waals surface area contributed by atoms with Gasteiger partial charge in [0, 0.05) is 28.8 Å². The number of phenols is 1. The Morgan fingerprint density at radius 1 is 1.13 bits per heavy atom. The number of hydrogen-bond acceptors (Lipinski definition) is 4. The number of aromatic hydroxyl groups is 1. The number of ether oxygens (including phenoxy) is 1. The van der Waals surface area contributed by atoms with E-state index in [-0.39, 0.29) is 11.8 Å². The summed E-state index contributed by atoms with van der Waals surface area (Å²) >= 11 is 0. The molecule has 31 heavy (non-hydrogen) atoms. The maximum Gasteiger partial charge on any atom is 0.405 e. The zero-order valence-corrected chi connectivity index (χ0v) is 18.7. The van der Waals surface area contributed by atoms with Gasteiger partial charge in [-0.1, -0.05) is 43.7 Å². The summed E-state index contributed by atoms with van der Waals surface area (Å²) in [5, 5.41) is 16.8. The third-order valence-corrected chi connectivity index (χ3v) is 4.70. The van der Waals surface area contributed by atoms with E-state index in [0.29, 0.717) is 29.7 Å². The Morgan fingerprint density at radius 2 is 1.81 bits per heavy atom. The van der Waals surface area contributed by atoms with Crippen LogP contribution < -0.4 is 16.4 Å². The molecule has 3 amide bonds. The molecular weight excluding hydrogens is 394 g/mol. The predicted molar refractivity (Wildman–Crippen MR) is 122 cm³/mol. The van der Waals surface area contributed by atoms with Crippen molar-refractivity contribution < 1.29 is 19.4 Å². The van der Waals surface area contributed by atoms with Crippen molar-refractivity contribution in [3.8, 4) is 5.75 Å². The van der Waals surface area contributed by atoms with Crippen LogP contribution in [0.15, 0.2) is 42.5 Å². The first-order valence-electron chi connectivity index (χ1n) is 10.5. The number of primary amides is 1. The number of carbonyl (C=O) groups is 2. The van der Waals surface area contributed by atoms with Crippen LogP contribution in [0.4, 0.5) is 15.3 Å². The van der Waals surface area contributed by atoms with E-state index in [4.69, 9.17) is 10.5 Å². The number of nitrogens with one attached hydrogen (secondary N) is 2. The van der Waals surface area contributed by atoms with Crippen LogP contribution in [0.1, 0.15) is 69.8 Å². The van der Waals surface area contributed by atoms with Crippen molar-refractivity contribution in [3.63, 3.8) is 0 Å². The lowest BCUT2D eigenvalue weighted by Crippen LogP contribution is -2.43. The third-order valence-electron chi connectivity index (χ3n) is 4.70. The van der Waals surface area contributed by atoms with Crippen molar-refractivity contribution in [3.05, 3.63) is 59.2 Å². The molecule has 168 valence electrons. The molecule has 0 aliphatic heterocycles. The lowest BCUT2D eigenvalue weighted by atomic mass is 9.95. The highest BCUT2D eigenvalue weighted by atomic mass is 16.6. The average molecular weight is 428 g/mol. The van der Waals surface area contributed by atoms with E-state index in [0.717, 1.165) is 18.4 Å². The normalized spacial score (nSPS) is 12.1. The minimum atomic E-state index is -0.892. The molecule has 2 aromatic rings. The molecule has 0 radical (unpaired) electrons. The number of unbranched alkanes of at least 4 members (excludes halogenated alkanes) is 1. The Balaban J connectivity index is 2.46. The number of nitrogens with two attached hydrogens (primary N) is 1. The lowest BCUT2D eigenvalue weighted by molar-refractivity contribution is 0.0982. The number of benzene rings is 2. The lowest BCUT2D eigenvalue weighted by Gasteiger charge is -2.24. The smallest absolute Gasteiger partial charge is 0.405 e. The van der Waals surface area contributed by atoms with Gasteiger partial charge in [-0.25, -0.2) is 9.59 Å². The van der Waals surface area contributed by atoms with Crippen LogP contribution in [-0.2, 0) is 11.2 Å². The van der Waals surface area contributed by atoms with Gasteiger partial charge in [0.05, 0.1) is 0 Å². The summed E-state index contributed by atoms with van der Waals surface area (Å²) in [5.74, 6) is -0.0141. The highest BCUT2D eigenvalue weighted by Gasteiger charge is 2.24. The van der Waals surface area contributed by atoms with Crippen molar-refractivity contribution in [1.29, 1.82) is 0 Å². The number of phenolic OH excluding ortho intramolecular Hbond substituents is 1. The van der Waals surface area contributed by atoms with E-state index in [1.165, 1.54) is 0 Å². The molecule has 7 nitrogen and oxygen atoms in total. The van der Waals surface area contributed by atoms with Gasteiger partial charge in [-0.15, -0.1) is 0 Å². The van der Waals surface area contributed by atoms with E-state index in [1.54, 1.807) is 12.1 Å². The minimum absolute atomic E-state index is 0.0141. The number of anilines is 1. The molecule has 2 rings (SSSR count). The van der Waals surface area contributed by atoms with Crippen LogP contribution in [0.3, 0.4) is 0 Å². The van der Waals surface area contributed by atoms with Gasteiger partial charge in [0.2, 0.25) is 0 Å². The number of amides is 3. The fraction of sp³-hybridized carbons (Fsp3) is 0.417. The molecule has 0 bridgehead atoms. The van der Waals surface area contributed by atoms with Crippen LogP contribution in [-0.4, -0.2) is 22.8 Å². The molecule has 0 saturated carbocycles. The minimum Gasteiger partial charge on any atom is -0.507 e.